The van der Waals surface area contributed by atoms with E-state index in [1.807, 2.05) is 6.92 Å². The van der Waals surface area contributed by atoms with Crippen LogP contribution in [-0.2, 0) is 0 Å². The fourth-order valence-corrected chi connectivity index (χ4v) is 3.40. The van der Waals surface area contributed by atoms with Gasteiger partial charge in [0, 0.05) is 11.6 Å². The normalized spacial score (nSPS) is 24.8. The highest BCUT2D eigenvalue weighted by atomic mass is 19.4. The molecule has 0 radical (unpaired) electrons. The minimum Gasteiger partial charge on any atom is -0.310 e. The molecule has 1 fully saturated rings. The highest BCUT2D eigenvalue weighted by molar-refractivity contribution is 5.22. The largest absolute Gasteiger partial charge is 0.392 e. The average molecular weight is 303 g/mol. The van der Waals surface area contributed by atoms with Crippen LogP contribution in [0.5, 0.6) is 0 Å². The molecule has 0 amide bonds. The molecule has 3 unspecified atom stereocenters. The third-order valence-corrected chi connectivity index (χ3v) is 4.33. The Morgan fingerprint density at radius 3 is 2.48 bits per heavy atom. The van der Waals surface area contributed by atoms with Gasteiger partial charge >= 0.3 is 6.18 Å². The van der Waals surface area contributed by atoms with Crippen LogP contribution < -0.4 is 5.32 Å². The van der Waals surface area contributed by atoms with Crippen molar-refractivity contribution in [2.75, 3.05) is 6.54 Å². The molecule has 21 heavy (non-hydrogen) atoms. The van der Waals surface area contributed by atoms with Crippen LogP contribution in [0, 0.1) is 17.7 Å². The summed E-state index contributed by atoms with van der Waals surface area (Å²) in [5.41, 5.74) is 0.348. The molecule has 0 saturated heterocycles. The smallest absolute Gasteiger partial charge is 0.310 e. The van der Waals surface area contributed by atoms with Crippen molar-refractivity contribution in [3.05, 3.63) is 35.6 Å². The van der Waals surface area contributed by atoms with E-state index in [1.54, 1.807) is 18.2 Å². The molecule has 1 aromatic rings. The summed E-state index contributed by atoms with van der Waals surface area (Å²) >= 11 is 0. The van der Waals surface area contributed by atoms with E-state index in [1.165, 1.54) is 6.07 Å². The van der Waals surface area contributed by atoms with Crippen molar-refractivity contribution < 1.29 is 17.6 Å². The predicted octanol–water partition coefficient (Wildman–Crippen LogP) is 4.85. The highest BCUT2D eigenvalue weighted by Crippen LogP contribution is 2.46. The van der Waals surface area contributed by atoms with Crippen molar-refractivity contribution in [2.45, 2.75) is 44.8 Å². The summed E-state index contributed by atoms with van der Waals surface area (Å²) in [5, 5.41) is 3.07. The monoisotopic (exact) mass is 303 g/mol. The van der Waals surface area contributed by atoms with Crippen LogP contribution in [0.25, 0.3) is 0 Å². The van der Waals surface area contributed by atoms with Gasteiger partial charge in [0.1, 0.15) is 5.82 Å². The molecule has 0 aromatic heterocycles. The second kappa shape index (κ2) is 6.77. The van der Waals surface area contributed by atoms with Crippen LogP contribution >= 0.6 is 0 Å². The van der Waals surface area contributed by atoms with E-state index in [9.17, 15) is 17.6 Å². The van der Waals surface area contributed by atoms with Gasteiger partial charge in [-0.2, -0.15) is 13.2 Å². The molecule has 1 aromatic carbocycles. The summed E-state index contributed by atoms with van der Waals surface area (Å²) in [7, 11) is 0. The summed E-state index contributed by atoms with van der Waals surface area (Å²) in [6, 6.07) is 5.55. The van der Waals surface area contributed by atoms with Crippen LogP contribution in [0.3, 0.4) is 0 Å². The lowest BCUT2D eigenvalue weighted by atomic mass is 9.73. The molecule has 0 spiro atoms. The summed E-state index contributed by atoms with van der Waals surface area (Å²) < 4.78 is 53.9. The van der Waals surface area contributed by atoms with E-state index in [-0.39, 0.29) is 6.42 Å². The van der Waals surface area contributed by atoms with Crippen LogP contribution in [0.1, 0.15) is 44.2 Å². The molecule has 1 nitrogen and oxygen atoms in total. The highest BCUT2D eigenvalue weighted by Gasteiger charge is 2.48. The molecule has 1 saturated carbocycles. The zero-order valence-corrected chi connectivity index (χ0v) is 12.1. The van der Waals surface area contributed by atoms with E-state index in [2.05, 4.69) is 5.32 Å². The summed E-state index contributed by atoms with van der Waals surface area (Å²) in [6.07, 6.45) is -2.23. The summed E-state index contributed by atoms with van der Waals surface area (Å²) in [4.78, 5) is 0. The van der Waals surface area contributed by atoms with E-state index < -0.39 is 29.9 Å². The molecule has 0 heterocycles. The number of nitrogens with one attached hydrogen (secondary N) is 1. The maximum atomic E-state index is 14.0. The Hall–Kier alpha value is -1.10. The molecule has 3 atom stereocenters. The molecule has 118 valence electrons. The summed E-state index contributed by atoms with van der Waals surface area (Å²) in [5.74, 6) is -2.39. The molecule has 0 aliphatic heterocycles. The fraction of sp³-hybridized carbons (Fsp3) is 0.625. The Kier molecular flexibility index (Phi) is 5.25. The van der Waals surface area contributed by atoms with Gasteiger partial charge < -0.3 is 5.32 Å². The maximum absolute atomic E-state index is 14.0. The quantitative estimate of drug-likeness (QED) is 0.784. The molecular weight excluding hydrogens is 282 g/mol. The first kappa shape index (κ1) is 16.3. The number of alkyl halides is 3. The lowest BCUT2D eigenvalue weighted by molar-refractivity contribution is -0.199. The molecule has 1 N–H and O–H groups in total. The van der Waals surface area contributed by atoms with Gasteiger partial charge in [-0.15, -0.1) is 0 Å². The third kappa shape index (κ3) is 3.76. The van der Waals surface area contributed by atoms with Crippen molar-refractivity contribution in [1.29, 1.82) is 0 Å². The van der Waals surface area contributed by atoms with Crippen molar-refractivity contribution >= 4 is 0 Å². The molecule has 0 bridgehead atoms. The Bertz CT molecular complexity index is 458. The molecule has 5 heteroatoms. The predicted molar refractivity (Wildman–Crippen MR) is 74.3 cm³/mol. The Morgan fingerprint density at radius 1 is 1.19 bits per heavy atom. The Labute approximate surface area is 122 Å². The van der Waals surface area contributed by atoms with Crippen molar-refractivity contribution in [1.82, 2.24) is 5.32 Å². The van der Waals surface area contributed by atoms with Gasteiger partial charge in [0.2, 0.25) is 0 Å². The first-order chi connectivity index (χ1) is 9.95. The van der Waals surface area contributed by atoms with Gasteiger partial charge in [-0.1, -0.05) is 38.0 Å². The lowest BCUT2D eigenvalue weighted by Crippen LogP contribution is -2.41. The van der Waals surface area contributed by atoms with Gasteiger partial charge in [0.15, 0.2) is 0 Å². The van der Waals surface area contributed by atoms with Crippen molar-refractivity contribution in [3.8, 4) is 0 Å². The number of halogens is 4. The average Bonchev–Trinajstić information content (AvgIpc) is 2.45. The SMILES string of the molecule is CCNC(c1ccccc1F)C1CCCCC1C(F)(F)F. The second-order valence-electron chi connectivity index (χ2n) is 5.65. The Balaban J connectivity index is 2.34. The molecule has 1 aliphatic carbocycles. The van der Waals surface area contributed by atoms with Crippen LogP contribution in [-0.4, -0.2) is 12.7 Å². The lowest BCUT2D eigenvalue weighted by Gasteiger charge is -2.38. The molecule has 2 rings (SSSR count). The Morgan fingerprint density at radius 2 is 1.86 bits per heavy atom. The van der Waals surface area contributed by atoms with Gasteiger partial charge in [0.25, 0.3) is 0 Å². The fourth-order valence-electron chi connectivity index (χ4n) is 3.40. The van der Waals surface area contributed by atoms with Gasteiger partial charge in [-0.25, -0.2) is 4.39 Å². The van der Waals surface area contributed by atoms with E-state index >= 15 is 0 Å². The van der Waals surface area contributed by atoms with Gasteiger partial charge in [-0.3, -0.25) is 0 Å². The van der Waals surface area contributed by atoms with Gasteiger partial charge in [0.05, 0.1) is 5.92 Å². The first-order valence-corrected chi connectivity index (χ1v) is 7.49. The zero-order valence-electron chi connectivity index (χ0n) is 12.1. The maximum Gasteiger partial charge on any atom is 0.392 e. The number of hydrogen-bond donors (Lipinski definition) is 1. The van der Waals surface area contributed by atoms with E-state index in [4.69, 9.17) is 0 Å². The van der Waals surface area contributed by atoms with Crippen LogP contribution in [0.2, 0.25) is 0 Å². The third-order valence-electron chi connectivity index (χ3n) is 4.33. The minimum absolute atomic E-state index is 0.143. The van der Waals surface area contributed by atoms with Gasteiger partial charge in [-0.05, 0) is 31.4 Å². The van der Waals surface area contributed by atoms with Crippen molar-refractivity contribution in [3.63, 3.8) is 0 Å². The molecule has 1 aliphatic rings. The minimum atomic E-state index is -4.22. The van der Waals surface area contributed by atoms with Crippen LogP contribution in [0.15, 0.2) is 24.3 Å². The number of rotatable bonds is 4. The number of benzene rings is 1. The number of hydrogen-bond acceptors (Lipinski definition) is 1. The first-order valence-electron chi connectivity index (χ1n) is 7.49. The summed E-state index contributed by atoms with van der Waals surface area (Å²) in [6.45, 7) is 2.35. The molecular formula is C16H21F4N. The van der Waals surface area contributed by atoms with E-state index in [0.717, 1.165) is 6.42 Å². The van der Waals surface area contributed by atoms with Crippen molar-refractivity contribution in [2.24, 2.45) is 11.8 Å². The second-order valence-corrected chi connectivity index (χ2v) is 5.65. The zero-order chi connectivity index (χ0) is 15.5. The standard InChI is InChI=1S/C16H21F4N/c1-2-21-15(12-8-4-6-10-14(12)17)11-7-3-5-9-13(11)16(18,19)20/h4,6,8,10-11,13,15,21H,2-3,5,7,9H2,1H3. The van der Waals surface area contributed by atoms with Crippen LogP contribution in [0.4, 0.5) is 17.6 Å². The topological polar surface area (TPSA) is 12.0 Å². The van der Waals surface area contributed by atoms with E-state index in [0.29, 0.717) is 24.9 Å².